The molecule has 1 aliphatic rings. The van der Waals surface area contributed by atoms with Crippen molar-refractivity contribution in [1.29, 1.82) is 0 Å². The lowest BCUT2D eigenvalue weighted by Crippen LogP contribution is -2.25. The highest BCUT2D eigenvalue weighted by Gasteiger charge is 2.15. The lowest BCUT2D eigenvalue weighted by Gasteiger charge is -2.21. The fraction of sp³-hybridized carbons (Fsp3) is 0.615. The van der Waals surface area contributed by atoms with Crippen LogP contribution in [0.1, 0.15) is 34.7 Å². The maximum atomic E-state index is 10.8. The van der Waals surface area contributed by atoms with E-state index in [4.69, 9.17) is 9.52 Å². The maximum Gasteiger partial charge on any atom is 0.372 e. The van der Waals surface area contributed by atoms with Gasteiger partial charge in [-0.1, -0.05) is 0 Å². The molecule has 0 atom stereocenters. The number of hydrogen-bond acceptors (Lipinski definition) is 4. The Bertz CT molecular complexity index is 410. The predicted molar refractivity (Wildman–Crippen MR) is 72.2 cm³/mol. The molecular formula is C13H19NO3S. The van der Waals surface area contributed by atoms with E-state index in [9.17, 15) is 4.79 Å². The Morgan fingerprint density at radius 1 is 1.56 bits per heavy atom. The predicted octanol–water partition coefficient (Wildman–Crippen LogP) is 2.52. The number of thioether (sulfide) groups is 1. The average Bonchev–Trinajstić information content (AvgIpc) is 2.72. The summed E-state index contributed by atoms with van der Waals surface area (Å²) in [6.07, 6.45) is 2.55. The monoisotopic (exact) mass is 269 g/mol. The first-order valence-electron chi connectivity index (χ1n) is 6.28. The molecule has 18 heavy (non-hydrogen) atoms. The second kappa shape index (κ2) is 6.29. The number of nitrogens with one attached hydrogen (secondary N) is 1. The van der Waals surface area contributed by atoms with Crippen LogP contribution in [-0.2, 0) is 6.54 Å². The molecule has 100 valence electrons. The zero-order valence-electron chi connectivity index (χ0n) is 10.6. The van der Waals surface area contributed by atoms with Crippen LogP contribution in [0.5, 0.6) is 0 Å². The quantitative estimate of drug-likeness (QED) is 0.860. The molecule has 0 aromatic carbocycles. The number of aryl methyl sites for hydroxylation is 1. The van der Waals surface area contributed by atoms with Gasteiger partial charge in [0.25, 0.3) is 0 Å². The molecule has 0 spiro atoms. The number of carboxylic acid groups (broad SMARTS) is 1. The summed E-state index contributed by atoms with van der Waals surface area (Å²) in [5.41, 5.74) is 0.688. The zero-order valence-corrected chi connectivity index (χ0v) is 11.4. The Morgan fingerprint density at radius 3 is 2.89 bits per heavy atom. The summed E-state index contributed by atoms with van der Waals surface area (Å²) in [5, 5.41) is 12.2. The summed E-state index contributed by atoms with van der Waals surface area (Å²) < 4.78 is 5.30. The molecule has 0 radical (unpaired) electrons. The Labute approximate surface area is 111 Å². The lowest BCUT2D eigenvalue weighted by atomic mass is 10.0. The average molecular weight is 269 g/mol. The molecule has 1 aromatic heterocycles. The van der Waals surface area contributed by atoms with Crippen LogP contribution in [0.15, 0.2) is 10.5 Å². The largest absolute Gasteiger partial charge is 0.475 e. The Kier molecular flexibility index (Phi) is 4.72. The SMILES string of the molecule is Cc1cc(CNCC2CCSCC2)oc1C(=O)O. The van der Waals surface area contributed by atoms with Gasteiger partial charge >= 0.3 is 5.97 Å². The summed E-state index contributed by atoms with van der Waals surface area (Å²) in [6.45, 7) is 3.36. The number of rotatable bonds is 5. The van der Waals surface area contributed by atoms with E-state index in [1.807, 2.05) is 11.8 Å². The van der Waals surface area contributed by atoms with Crippen LogP contribution in [0.3, 0.4) is 0 Å². The maximum absolute atomic E-state index is 10.8. The van der Waals surface area contributed by atoms with Crippen molar-refractivity contribution in [1.82, 2.24) is 5.32 Å². The van der Waals surface area contributed by atoms with Crippen LogP contribution < -0.4 is 5.32 Å². The highest BCUT2D eigenvalue weighted by Crippen LogP contribution is 2.22. The smallest absolute Gasteiger partial charge is 0.372 e. The first-order chi connectivity index (χ1) is 8.66. The van der Waals surface area contributed by atoms with Gasteiger partial charge in [-0.15, -0.1) is 0 Å². The molecule has 2 rings (SSSR count). The van der Waals surface area contributed by atoms with E-state index >= 15 is 0 Å². The standard InChI is InChI=1S/C13H19NO3S/c1-9-6-11(17-12(9)13(15)16)8-14-7-10-2-4-18-5-3-10/h6,10,14H,2-5,7-8H2,1H3,(H,15,16). The van der Waals surface area contributed by atoms with E-state index < -0.39 is 5.97 Å². The molecule has 1 saturated heterocycles. The van der Waals surface area contributed by atoms with Crippen LogP contribution in [0, 0.1) is 12.8 Å². The number of aromatic carboxylic acids is 1. The van der Waals surface area contributed by atoms with E-state index in [0.29, 0.717) is 17.9 Å². The van der Waals surface area contributed by atoms with Crippen molar-refractivity contribution in [3.8, 4) is 0 Å². The molecule has 1 fully saturated rings. The van der Waals surface area contributed by atoms with Gasteiger partial charge in [0.15, 0.2) is 0 Å². The second-order valence-electron chi connectivity index (χ2n) is 4.72. The van der Waals surface area contributed by atoms with Crippen molar-refractivity contribution in [3.63, 3.8) is 0 Å². The first-order valence-corrected chi connectivity index (χ1v) is 7.43. The summed E-state index contributed by atoms with van der Waals surface area (Å²) >= 11 is 2.03. The normalized spacial score (nSPS) is 16.9. The van der Waals surface area contributed by atoms with Crippen LogP contribution in [-0.4, -0.2) is 29.1 Å². The number of carboxylic acids is 1. The molecule has 4 nitrogen and oxygen atoms in total. The van der Waals surface area contributed by atoms with Gasteiger partial charge in [0.05, 0.1) is 6.54 Å². The van der Waals surface area contributed by atoms with E-state index in [0.717, 1.165) is 12.5 Å². The molecular weight excluding hydrogens is 250 g/mol. The minimum absolute atomic E-state index is 0.0564. The van der Waals surface area contributed by atoms with Gasteiger partial charge in [-0.05, 0) is 49.8 Å². The third-order valence-electron chi connectivity index (χ3n) is 3.24. The molecule has 0 amide bonds. The summed E-state index contributed by atoms with van der Waals surface area (Å²) in [4.78, 5) is 10.8. The van der Waals surface area contributed by atoms with Gasteiger partial charge in [-0.3, -0.25) is 0 Å². The minimum Gasteiger partial charge on any atom is -0.475 e. The summed E-state index contributed by atoms with van der Waals surface area (Å²) in [5.74, 6) is 3.03. The van der Waals surface area contributed by atoms with Crippen molar-refractivity contribution in [2.24, 2.45) is 5.92 Å². The van der Waals surface area contributed by atoms with Crippen LogP contribution in [0.4, 0.5) is 0 Å². The fourth-order valence-corrected chi connectivity index (χ4v) is 3.40. The third-order valence-corrected chi connectivity index (χ3v) is 4.28. The third kappa shape index (κ3) is 3.53. The lowest BCUT2D eigenvalue weighted by molar-refractivity contribution is 0.0659. The van der Waals surface area contributed by atoms with Gasteiger partial charge in [-0.25, -0.2) is 4.79 Å². The fourth-order valence-electron chi connectivity index (χ4n) is 2.20. The molecule has 1 aliphatic heterocycles. The molecule has 0 saturated carbocycles. The van der Waals surface area contributed by atoms with E-state index in [1.165, 1.54) is 24.3 Å². The Balaban J connectivity index is 1.79. The molecule has 2 N–H and O–H groups in total. The minimum atomic E-state index is -0.997. The van der Waals surface area contributed by atoms with Crippen molar-refractivity contribution >= 4 is 17.7 Å². The van der Waals surface area contributed by atoms with Gasteiger partial charge in [0, 0.05) is 5.56 Å². The van der Waals surface area contributed by atoms with E-state index in [2.05, 4.69) is 5.32 Å². The zero-order chi connectivity index (χ0) is 13.0. The van der Waals surface area contributed by atoms with E-state index in [1.54, 1.807) is 13.0 Å². The van der Waals surface area contributed by atoms with Gasteiger partial charge in [-0.2, -0.15) is 11.8 Å². The van der Waals surface area contributed by atoms with Crippen molar-refractivity contribution in [3.05, 3.63) is 23.2 Å². The molecule has 2 heterocycles. The molecule has 1 aromatic rings. The molecule has 5 heteroatoms. The van der Waals surface area contributed by atoms with Gasteiger partial charge < -0.3 is 14.8 Å². The number of carbonyl (C=O) groups is 1. The molecule has 0 aliphatic carbocycles. The molecule has 0 unspecified atom stereocenters. The van der Waals surface area contributed by atoms with Gasteiger partial charge in [0.1, 0.15) is 5.76 Å². The highest BCUT2D eigenvalue weighted by atomic mass is 32.2. The van der Waals surface area contributed by atoms with Crippen molar-refractivity contribution in [2.45, 2.75) is 26.3 Å². The van der Waals surface area contributed by atoms with Crippen LogP contribution >= 0.6 is 11.8 Å². The van der Waals surface area contributed by atoms with Crippen LogP contribution in [0.2, 0.25) is 0 Å². The summed E-state index contributed by atoms with van der Waals surface area (Å²) in [6, 6.07) is 1.80. The Morgan fingerprint density at radius 2 is 2.28 bits per heavy atom. The van der Waals surface area contributed by atoms with Crippen LogP contribution in [0.25, 0.3) is 0 Å². The van der Waals surface area contributed by atoms with Gasteiger partial charge in [0.2, 0.25) is 5.76 Å². The van der Waals surface area contributed by atoms with E-state index in [-0.39, 0.29) is 5.76 Å². The second-order valence-corrected chi connectivity index (χ2v) is 5.94. The number of furan rings is 1. The Hall–Kier alpha value is -0.940. The highest BCUT2D eigenvalue weighted by molar-refractivity contribution is 7.99. The number of hydrogen-bond donors (Lipinski definition) is 2. The molecule has 0 bridgehead atoms. The topological polar surface area (TPSA) is 62.5 Å². The van der Waals surface area contributed by atoms with Crippen molar-refractivity contribution < 1.29 is 14.3 Å². The summed E-state index contributed by atoms with van der Waals surface area (Å²) in [7, 11) is 0. The first kappa shape index (κ1) is 13.5. The van der Waals surface area contributed by atoms with Crippen molar-refractivity contribution in [2.75, 3.05) is 18.1 Å².